The van der Waals surface area contributed by atoms with Crippen LogP contribution in [0, 0.1) is 0 Å². The maximum atomic E-state index is 5.31. The number of hydrogen-bond donors (Lipinski definition) is 2. The van der Waals surface area contributed by atoms with E-state index in [0.717, 1.165) is 17.7 Å². The second kappa shape index (κ2) is 4.92. The monoisotopic (exact) mass is 226 g/mol. The van der Waals surface area contributed by atoms with Crippen LogP contribution in [0.25, 0.3) is 0 Å². The van der Waals surface area contributed by atoms with E-state index >= 15 is 0 Å². The minimum Gasteiger partial charge on any atom is -0.300 e. The number of anilines is 1. The summed E-state index contributed by atoms with van der Waals surface area (Å²) in [4.78, 5) is 8.03. The molecule has 1 aliphatic heterocycles. The molecule has 1 aromatic heterocycles. The molecule has 4 nitrogen and oxygen atoms in total. The van der Waals surface area contributed by atoms with Crippen LogP contribution in [0.4, 0.5) is 5.13 Å². The minimum absolute atomic E-state index is 0.765. The topological polar surface area (TPSA) is 54.2 Å². The Bertz CT molecular complexity index is 312. The standard InChI is InChI=1S/C10H18N4S/c1-2-8-4-3-5-14(8)7-9-6-12-10(13-11)15-9/h6,8H,2-5,7,11H2,1H3,(H,12,13). The Hall–Kier alpha value is -0.650. The van der Waals surface area contributed by atoms with Crippen LogP contribution in [0.1, 0.15) is 31.1 Å². The van der Waals surface area contributed by atoms with E-state index < -0.39 is 0 Å². The molecule has 2 rings (SSSR count). The van der Waals surface area contributed by atoms with Gasteiger partial charge in [0.25, 0.3) is 0 Å². The predicted octanol–water partition coefficient (Wildman–Crippen LogP) is 1.80. The molecule has 1 unspecified atom stereocenters. The third kappa shape index (κ3) is 2.48. The van der Waals surface area contributed by atoms with Crippen LogP contribution in [0.3, 0.4) is 0 Å². The summed E-state index contributed by atoms with van der Waals surface area (Å²) in [5, 5.41) is 0.803. The number of nitrogen functional groups attached to an aromatic ring is 1. The summed E-state index contributed by atoms with van der Waals surface area (Å²) in [6, 6.07) is 0.765. The lowest BCUT2D eigenvalue weighted by molar-refractivity contribution is 0.242. The van der Waals surface area contributed by atoms with Gasteiger partial charge in [-0.15, -0.1) is 0 Å². The number of aromatic nitrogens is 1. The highest BCUT2D eigenvalue weighted by molar-refractivity contribution is 7.15. The summed E-state index contributed by atoms with van der Waals surface area (Å²) in [5.74, 6) is 5.31. The van der Waals surface area contributed by atoms with Crippen LogP contribution in [0.5, 0.6) is 0 Å². The van der Waals surface area contributed by atoms with E-state index in [9.17, 15) is 0 Å². The summed E-state index contributed by atoms with van der Waals surface area (Å²) >= 11 is 1.64. The number of likely N-dealkylation sites (tertiary alicyclic amines) is 1. The molecule has 0 spiro atoms. The largest absolute Gasteiger partial charge is 0.300 e. The van der Waals surface area contributed by atoms with Crippen molar-refractivity contribution in [3.05, 3.63) is 11.1 Å². The van der Waals surface area contributed by atoms with Crippen molar-refractivity contribution in [1.82, 2.24) is 9.88 Å². The lowest BCUT2D eigenvalue weighted by Crippen LogP contribution is -2.27. The number of nitrogens with one attached hydrogen (secondary N) is 1. The van der Waals surface area contributed by atoms with E-state index in [1.54, 1.807) is 11.3 Å². The van der Waals surface area contributed by atoms with Gasteiger partial charge in [-0.05, 0) is 25.8 Å². The average Bonchev–Trinajstić information content (AvgIpc) is 2.87. The van der Waals surface area contributed by atoms with Crippen molar-refractivity contribution in [3.63, 3.8) is 0 Å². The Balaban J connectivity index is 1.95. The van der Waals surface area contributed by atoms with Gasteiger partial charge in [-0.3, -0.25) is 10.3 Å². The lowest BCUT2D eigenvalue weighted by atomic mass is 10.2. The van der Waals surface area contributed by atoms with E-state index in [2.05, 4.69) is 22.2 Å². The number of rotatable bonds is 4. The Morgan fingerprint density at radius 1 is 1.73 bits per heavy atom. The van der Waals surface area contributed by atoms with Crippen molar-refractivity contribution in [1.29, 1.82) is 0 Å². The zero-order valence-electron chi connectivity index (χ0n) is 9.07. The highest BCUT2D eigenvalue weighted by Gasteiger charge is 2.23. The molecule has 0 saturated carbocycles. The normalized spacial score (nSPS) is 22.1. The number of nitrogens with two attached hydrogens (primary N) is 1. The molecule has 1 saturated heterocycles. The van der Waals surface area contributed by atoms with Gasteiger partial charge in [-0.2, -0.15) is 0 Å². The fourth-order valence-electron chi connectivity index (χ4n) is 2.21. The molecule has 0 amide bonds. The first-order valence-corrected chi connectivity index (χ1v) is 6.30. The van der Waals surface area contributed by atoms with Gasteiger partial charge in [0.1, 0.15) is 0 Å². The molecule has 1 atom stereocenters. The second-order valence-electron chi connectivity index (χ2n) is 3.95. The molecule has 0 radical (unpaired) electrons. The molecule has 1 aliphatic rings. The minimum atomic E-state index is 0.765. The zero-order chi connectivity index (χ0) is 10.7. The number of thiazole rings is 1. The molecule has 2 heterocycles. The number of nitrogens with zero attached hydrogens (tertiary/aromatic N) is 2. The van der Waals surface area contributed by atoms with Crippen LogP contribution in [-0.2, 0) is 6.54 Å². The molecule has 15 heavy (non-hydrogen) atoms. The van der Waals surface area contributed by atoms with Crippen molar-refractivity contribution in [2.24, 2.45) is 5.84 Å². The predicted molar refractivity (Wildman–Crippen MR) is 63.6 cm³/mol. The SMILES string of the molecule is CCC1CCCN1Cc1cnc(NN)s1. The Morgan fingerprint density at radius 3 is 3.27 bits per heavy atom. The van der Waals surface area contributed by atoms with Gasteiger partial charge >= 0.3 is 0 Å². The summed E-state index contributed by atoms with van der Waals surface area (Å²) in [5.41, 5.74) is 2.59. The lowest BCUT2D eigenvalue weighted by Gasteiger charge is -2.22. The summed E-state index contributed by atoms with van der Waals surface area (Å²) in [6.07, 6.45) is 5.85. The highest BCUT2D eigenvalue weighted by Crippen LogP contribution is 2.25. The van der Waals surface area contributed by atoms with Crippen molar-refractivity contribution in [2.45, 2.75) is 38.8 Å². The molecule has 0 aliphatic carbocycles. The van der Waals surface area contributed by atoms with E-state index in [0.29, 0.717) is 0 Å². The fraction of sp³-hybridized carbons (Fsp3) is 0.700. The smallest absolute Gasteiger partial charge is 0.197 e. The summed E-state index contributed by atoms with van der Waals surface area (Å²) in [7, 11) is 0. The Labute approximate surface area is 94.5 Å². The molecular formula is C10H18N4S. The molecule has 84 valence electrons. The van der Waals surface area contributed by atoms with Gasteiger partial charge in [0.2, 0.25) is 0 Å². The number of hydrazine groups is 1. The third-order valence-electron chi connectivity index (χ3n) is 3.01. The molecule has 1 fully saturated rings. The van der Waals surface area contributed by atoms with E-state index in [-0.39, 0.29) is 0 Å². The number of hydrogen-bond acceptors (Lipinski definition) is 5. The molecule has 5 heteroatoms. The van der Waals surface area contributed by atoms with Crippen LogP contribution >= 0.6 is 11.3 Å². The van der Waals surface area contributed by atoms with Gasteiger partial charge in [0.15, 0.2) is 5.13 Å². The molecule has 1 aromatic rings. The summed E-state index contributed by atoms with van der Waals surface area (Å²) in [6.45, 7) is 4.52. The van der Waals surface area contributed by atoms with E-state index in [1.807, 2.05) is 6.20 Å². The van der Waals surface area contributed by atoms with Gasteiger partial charge in [-0.25, -0.2) is 10.8 Å². The van der Waals surface area contributed by atoms with E-state index in [1.165, 1.54) is 30.7 Å². The molecule has 3 N–H and O–H groups in total. The third-order valence-corrected chi connectivity index (χ3v) is 3.92. The maximum absolute atomic E-state index is 5.31. The summed E-state index contributed by atoms with van der Waals surface area (Å²) < 4.78 is 0. The average molecular weight is 226 g/mol. The van der Waals surface area contributed by atoms with Crippen LogP contribution in [0.2, 0.25) is 0 Å². The Kier molecular flexibility index (Phi) is 3.56. The zero-order valence-corrected chi connectivity index (χ0v) is 9.89. The fourth-order valence-corrected chi connectivity index (χ4v) is 2.96. The first kappa shape index (κ1) is 10.9. The second-order valence-corrected chi connectivity index (χ2v) is 5.07. The highest BCUT2D eigenvalue weighted by atomic mass is 32.1. The first-order chi connectivity index (χ1) is 7.33. The van der Waals surface area contributed by atoms with Gasteiger partial charge in [-0.1, -0.05) is 18.3 Å². The van der Waals surface area contributed by atoms with Gasteiger partial charge in [0.05, 0.1) is 0 Å². The maximum Gasteiger partial charge on any atom is 0.197 e. The molecule has 0 bridgehead atoms. The van der Waals surface area contributed by atoms with Crippen molar-refractivity contribution in [3.8, 4) is 0 Å². The van der Waals surface area contributed by atoms with Gasteiger partial charge < -0.3 is 0 Å². The first-order valence-electron chi connectivity index (χ1n) is 5.49. The van der Waals surface area contributed by atoms with E-state index in [4.69, 9.17) is 5.84 Å². The van der Waals surface area contributed by atoms with Crippen molar-refractivity contribution >= 4 is 16.5 Å². The Morgan fingerprint density at radius 2 is 2.60 bits per heavy atom. The van der Waals surface area contributed by atoms with Crippen molar-refractivity contribution in [2.75, 3.05) is 12.0 Å². The quantitative estimate of drug-likeness (QED) is 0.607. The van der Waals surface area contributed by atoms with Crippen molar-refractivity contribution < 1.29 is 0 Å². The van der Waals surface area contributed by atoms with Crippen LogP contribution < -0.4 is 11.3 Å². The van der Waals surface area contributed by atoms with Gasteiger partial charge in [0, 0.05) is 23.7 Å². The van der Waals surface area contributed by atoms with Crippen LogP contribution in [0.15, 0.2) is 6.20 Å². The molecule has 0 aromatic carbocycles. The molecular weight excluding hydrogens is 208 g/mol. The van der Waals surface area contributed by atoms with Crippen LogP contribution in [-0.4, -0.2) is 22.5 Å².